The van der Waals surface area contributed by atoms with E-state index in [9.17, 15) is 0 Å². The van der Waals surface area contributed by atoms with Crippen molar-refractivity contribution < 1.29 is 0 Å². The van der Waals surface area contributed by atoms with Crippen molar-refractivity contribution in [2.24, 2.45) is 0 Å². The molecule has 0 saturated carbocycles. The van der Waals surface area contributed by atoms with Gasteiger partial charge in [-0.05, 0) is 47.7 Å². The average molecular weight is 329 g/mol. The second kappa shape index (κ2) is 4.69. The Morgan fingerprint density at radius 3 is 2.94 bits per heavy atom. The Hall–Kier alpha value is -1.31. The van der Waals surface area contributed by atoms with Gasteiger partial charge >= 0.3 is 0 Å². The standard InChI is InChI=1S/C10H12IN5/c1-6(10-13-5-14-16-10)15-9-3-2-7(11)4-8(9)12/h2-6,15H,12H2,1H3,(H,13,14,16). The maximum Gasteiger partial charge on any atom is 0.146 e. The summed E-state index contributed by atoms with van der Waals surface area (Å²) in [5, 5.41) is 9.91. The number of hydrogen-bond acceptors (Lipinski definition) is 4. The van der Waals surface area contributed by atoms with Gasteiger partial charge in [-0.15, -0.1) is 0 Å². The first kappa shape index (κ1) is 11.2. The van der Waals surface area contributed by atoms with Crippen LogP contribution in [0.3, 0.4) is 0 Å². The fourth-order valence-corrected chi connectivity index (χ4v) is 1.91. The highest BCUT2D eigenvalue weighted by Gasteiger charge is 2.09. The highest BCUT2D eigenvalue weighted by Crippen LogP contribution is 2.24. The van der Waals surface area contributed by atoms with Gasteiger partial charge in [-0.1, -0.05) is 0 Å². The molecule has 1 atom stereocenters. The Labute approximate surface area is 107 Å². The molecular formula is C10H12IN5. The molecule has 0 amide bonds. The van der Waals surface area contributed by atoms with Crippen molar-refractivity contribution in [1.29, 1.82) is 0 Å². The third-order valence-corrected chi connectivity index (χ3v) is 2.90. The topological polar surface area (TPSA) is 79.6 Å². The predicted molar refractivity (Wildman–Crippen MR) is 72.0 cm³/mol. The number of anilines is 2. The third kappa shape index (κ3) is 2.43. The molecule has 6 heteroatoms. The van der Waals surface area contributed by atoms with E-state index in [4.69, 9.17) is 5.73 Å². The summed E-state index contributed by atoms with van der Waals surface area (Å²) < 4.78 is 1.12. The number of H-pyrrole nitrogens is 1. The van der Waals surface area contributed by atoms with Crippen LogP contribution in [-0.4, -0.2) is 15.2 Å². The Kier molecular flexibility index (Phi) is 3.28. The van der Waals surface area contributed by atoms with Gasteiger partial charge < -0.3 is 11.1 Å². The minimum Gasteiger partial charge on any atom is -0.397 e. The molecule has 5 nitrogen and oxygen atoms in total. The van der Waals surface area contributed by atoms with Gasteiger partial charge in [0.25, 0.3) is 0 Å². The number of benzene rings is 1. The first-order chi connectivity index (χ1) is 7.66. The summed E-state index contributed by atoms with van der Waals surface area (Å²) in [6, 6.07) is 5.94. The van der Waals surface area contributed by atoms with Gasteiger partial charge in [-0.3, -0.25) is 5.10 Å². The number of hydrogen-bond donors (Lipinski definition) is 3. The number of nitrogens with zero attached hydrogens (tertiary/aromatic N) is 2. The molecule has 1 unspecified atom stereocenters. The van der Waals surface area contributed by atoms with Crippen molar-refractivity contribution in [3.05, 3.63) is 33.9 Å². The van der Waals surface area contributed by atoms with Crippen LogP contribution < -0.4 is 11.1 Å². The van der Waals surface area contributed by atoms with Crippen molar-refractivity contribution in [3.8, 4) is 0 Å². The van der Waals surface area contributed by atoms with E-state index in [0.717, 1.165) is 20.8 Å². The van der Waals surface area contributed by atoms with Crippen LogP contribution >= 0.6 is 22.6 Å². The molecule has 0 radical (unpaired) electrons. The van der Waals surface area contributed by atoms with Crippen LogP contribution in [0.4, 0.5) is 11.4 Å². The zero-order valence-electron chi connectivity index (χ0n) is 8.74. The minimum atomic E-state index is 0.0462. The highest BCUT2D eigenvalue weighted by atomic mass is 127. The van der Waals surface area contributed by atoms with Crippen LogP contribution in [0.1, 0.15) is 18.8 Å². The molecule has 4 N–H and O–H groups in total. The minimum absolute atomic E-state index is 0.0462. The van der Waals surface area contributed by atoms with Crippen molar-refractivity contribution in [1.82, 2.24) is 15.2 Å². The number of aromatic nitrogens is 3. The summed E-state index contributed by atoms with van der Waals surface area (Å²) in [6.45, 7) is 2.00. The molecule has 2 aromatic rings. The highest BCUT2D eigenvalue weighted by molar-refractivity contribution is 14.1. The monoisotopic (exact) mass is 329 g/mol. The maximum atomic E-state index is 5.91. The zero-order chi connectivity index (χ0) is 11.5. The Bertz CT molecular complexity index is 468. The number of halogens is 1. The molecule has 1 aromatic heterocycles. The van der Waals surface area contributed by atoms with Gasteiger partial charge in [0.05, 0.1) is 17.4 Å². The molecular weight excluding hydrogens is 317 g/mol. The van der Waals surface area contributed by atoms with E-state index in [-0.39, 0.29) is 6.04 Å². The second-order valence-electron chi connectivity index (χ2n) is 3.47. The van der Waals surface area contributed by atoms with E-state index in [1.807, 2.05) is 25.1 Å². The van der Waals surface area contributed by atoms with Crippen molar-refractivity contribution >= 4 is 34.0 Å². The van der Waals surface area contributed by atoms with Crippen LogP contribution in [-0.2, 0) is 0 Å². The van der Waals surface area contributed by atoms with Crippen LogP contribution in [0.15, 0.2) is 24.5 Å². The summed E-state index contributed by atoms with van der Waals surface area (Å²) in [5.74, 6) is 0.790. The molecule has 84 valence electrons. The van der Waals surface area contributed by atoms with Gasteiger partial charge in [-0.2, -0.15) is 5.10 Å². The van der Waals surface area contributed by atoms with Crippen LogP contribution in [0.2, 0.25) is 0 Å². The van der Waals surface area contributed by atoms with Crippen molar-refractivity contribution in [2.45, 2.75) is 13.0 Å². The summed E-state index contributed by atoms with van der Waals surface area (Å²) >= 11 is 2.23. The van der Waals surface area contributed by atoms with Gasteiger partial charge in [-0.25, -0.2) is 4.98 Å². The lowest BCUT2D eigenvalue weighted by atomic mass is 10.2. The number of nitrogen functional groups attached to an aromatic ring is 1. The van der Waals surface area contributed by atoms with Crippen molar-refractivity contribution in [2.75, 3.05) is 11.1 Å². The SMILES string of the molecule is CC(Nc1ccc(I)cc1N)c1ncn[nH]1. The van der Waals surface area contributed by atoms with E-state index in [2.05, 4.69) is 43.1 Å². The third-order valence-electron chi connectivity index (χ3n) is 2.23. The normalized spacial score (nSPS) is 12.4. The quantitative estimate of drug-likeness (QED) is 0.596. The van der Waals surface area contributed by atoms with Crippen molar-refractivity contribution in [3.63, 3.8) is 0 Å². The molecule has 0 spiro atoms. The molecule has 0 saturated heterocycles. The summed E-state index contributed by atoms with van der Waals surface area (Å²) in [4.78, 5) is 4.09. The molecule has 0 aliphatic heterocycles. The van der Waals surface area contributed by atoms with E-state index < -0.39 is 0 Å². The van der Waals surface area contributed by atoms with Crippen LogP contribution in [0, 0.1) is 3.57 Å². The molecule has 0 aliphatic rings. The molecule has 2 rings (SSSR count). The molecule has 0 fully saturated rings. The molecule has 1 heterocycles. The number of rotatable bonds is 3. The number of nitrogens with two attached hydrogens (primary N) is 1. The second-order valence-corrected chi connectivity index (χ2v) is 4.71. The van der Waals surface area contributed by atoms with Crippen LogP contribution in [0.5, 0.6) is 0 Å². The Balaban J connectivity index is 2.15. The number of aromatic amines is 1. The van der Waals surface area contributed by atoms with Gasteiger partial charge in [0.1, 0.15) is 12.2 Å². The molecule has 0 bridgehead atoms. The van der Waals surface area contributed by atoms with Gasteiger partial charge in [0.15, 0.2) is 0 Å². The van der Waals surface area contributed by atoms with Gasteiger partial charge in [0.2, 0.25) is 0 Å². The van der Waals surface area contributed by atoms with E-state index in [0.29, 0.717) is 0 Å². The maximum absolute atomic E-state index is 5.91. The summed E-state index contributed by atoms with van der Waals surface area (Å²) in [5.41, 5.74) is 7.55. The summed E-state index contributed by atoms with van der Waals surface area (Å²) in [7, 11) is 0. The van der Waals surface area contributed by atoms with E-state index >= 15 is 0 Å². The lowest BCUT2D eigenvalue weighted by molar-refractivity contribution is 0.796. The Morgan fingerprint density at radius 2 is 2.31 bits per heavy atom. The first-order valence-electron chi connectivity index (χ1n) is 4.83. The smallest absolute Gasteiger partial charge is 0.146 e. The largest absolute Gasteiger partial charge is 0.397 e. The molecule has 16 heavy (non-hydrogen) atoms. The fourth-order valence-electron chi connectivity index (χ4n) is 1.39. The zero-order valence-corrected chi connectivity index (χ0v) is 10.9. The lowest BCUT2D eigenvalue weighted by Gasteiger charge is -2.14. The first-order valence-corrected chi connectivity index (χ1v) is 5.91. The van der Waals surface area contributed by atoms with E-state index in [1.165, 1.54) is 6.33 Å². The summed E-state index contributed by atoms with van der Waals surface area (Å²) in [6.07, 6.45) is 1.49. The van der Waals surface area contributed by atoms with E-state index in [1.54, 1.807) is 0 Å². The number of nitrogens with one attached hydrogen (secondary N) is 2. The van der Waals surface area contributed by atoms with Gasteiger partial charge in [0, 0.05) is 3.57 Å². The molecule has 0 aliphatic carbocycles. The predicted octanol–water partition coefficient (Wildman–Crippen LogP) is 2.16. The molecule has 1 aromatic carbocycles. The average Bonchev–Trinajstić information content (AvgIpc) is 2.75. The Morgan fingerprint density at radius 1 is 1.50 bits per heavy atom. The van der Waals surface area contributed by atoms with Crippen LogP contribution in [0.25, 0.3) is 0 Å². The fraction of sp³-hybridized carbons (Fsp3) is 0.200. The lowest BCUT2D eigenvalue weighted by Crippen LogP contribution is -2.10.